The summed E-state index contributed by atoms with van der Waals surface area (Å²) in [5, 5.41) is 6.98. The number of benzene rings is 1. The number of piperidine rings is 1. The number of hydrogen-bond donors (Lipinski definition) is 1. The maximum absolute atomic E-state index is 12.4. The summed E-state index contributed by atoms with van der Waals surface area (Å²) in [5.41, 5.74) is 1.76. The molecule has 1 amide bonds. The summed E-state index contributed by atoms with van der Waals surface area (Å²) in [6.07, 6.45) is 4.35. The van der Waals surface area contributed by atoms with Gasteiger partial charge in [-0.15, -0.1) is 0 Å². The lowest BCUT2D eigenvalue weighted by Crippen LogP contribution is -2.39. The molecule has 5 heteroatoms. The lowest BCUT2D eigenvalue weighted by atomic mass is 9.94. The number of nitrogens with zero attached hydrogens (tertiary/aromatic N) is 2. The molecule has 3 rings (SSSR count). The minimum Gasteiger partial charge on any atom is -0.342 e. The molecule has 0 saturated carbocycles. The van der Waals surface area contributed by atoms with Crippen molar-refractivity contribution in [1.82, 2.24) is 15.1 Å². The number of amides is 1. The molecule has 0 aliphatic carbocycles. The summed E-state index contributed by atoms with van der Waals surface area (Å²) in [6, 6.07) is 11.1. The molecule has 1 aliphatic heterocycles. The Balaban J connectivity index is 1.53. The smallest absolute Gasteiger partial charge is 0.223 e. The molecule has 1 aromatic carbocycles. The van der Waals surface area contributed by atoms with Crippen molar-refractivity contribution < 1.29 is 9.59 Å². The Kier molecular flexibility index (Phi) is 4.86. The Labute approximate surface area is 135 Å². The number of carbonyl (C=O) groups excluding carboxylic acids is 2. The third kappa shape index (κ3) is 3.86. The van der Waals surface area contributed by atoms with Crippen LogP contribution in [0.3, 0.4) is 0 Å². The van der Waals surface area contributed by atoms with Crippen LogP contribution in [-0.2, 0) is 4.79 Å². The molecule has 1 N–H and O–H groups in total. The number of H-pyrrole nitrogens is 1. The van der Waals surface area contributed by atoms with E-state index in [1.54, 1.807) is 18.3 Å². The van der Waals surface area contributed by atoms with E-state index in [0.717, 1.165) is 25.1 Å². The van der Waals surface area contributed by atoms with E-state index in [9.17, 15) is 9.59 Å². The molecule has 0 bridgehead atoms. The second-order valence-electron chi connectivity index (χ2n) is 5.98. The molecule has 5 nitrogen and oxygen atoms in total. The molecule has 23 heavy (non-hydrogen) atoms. The van der Waals surface area contributed by atoms with Gasteiger partial charge in [0.05, 0.1) is 0 Å². The predicted molar refractivity (Wildman–Crippen MR) is 87.1 cm³/mol. The Hall–Kier alpha value is -2.43. The second-order valence-corrected chi connectivity index (χ2v) is 5.98. The number of ketones is 1. The van der Waals surface area contributed by atoms with Gasteiger partial charge in [0.25, 0.3) is 0 Å². The maximum Gasteiger partial charge on any atom is 0.223 e. The van der Waals surface area contributed by atoms with Gasteiger partial charge in [-0.1, -0.05) is 30.3 Å². The third-order valence-corrected chi connectivity index (χ3v) is 4.40. The van der Waals surface area contributed by atoms with Crippen LogP contribution < -0.4 is 0 Å². The van der Waals surface area contributed by atoms with Gasteiger partial charge in [0.15, 0.2) is 5.78 Å². The molecule has 120 valence electrons. The van der Waals surface area contributed by atoms with E-state index >= 15 is 0 Å². The van der Waals surface area contributed by atoms with Crippen LogP contribution in [0.5, 0.6) is 0 Å². The normalized spacial score (nSPS) is 17.9. The molecule has 0 radical (unpaired) electrons. The van der Waals surface area contributed by atoms with Crippen molar-refractivity contribution in [2.24, 2.45) is 0 Å². The number of aromatic nitrogens is 2. The molecule has 1 atom stereocenters. The molecule has 0 spiro atoms. The number of likely N-dealkylation sites (tertiary alicyclic amines) is 1. The molecule has 2 heterocycles. The SMILES string of the molecule is O=C(CCC(=O)N1CCCC(c2ccn[nH]2)C1)c1ccccc1. The standard InChI is InChI=1S/C18H21N3O2/c22-17(14-5-2-1-3-6-14)8-9-18(23)21-12-4-7-15(13-21)16-10-11-19-20-16/h1-3,5-6,10-11,15H,4,7-9,12-13H2,(H,19,20). The molecule has 2 aromatic rings. The minimum atomic E-state index is 0.0288. The lowest BCUT2D eigenvalue weighted by Gasteiger charge is -2.32. The number of rotatable bonds is 5. The second kappa shape index (κ2) is 7.22. The Morgan fingerprint density at radius 3 is 2.74 bits per heavy atom. The van der Waals surface area contributed by atoms with Crippen molar-refractivity contribution in [2.75, 3.05) is 13.1 Å². The Morgan fingerprint density at radius 2 is 2.00 bits per heavy atom. The molecular formula is C18H21N3O2. The van der Waals surface area contributed by atoms with Crippen molar-refractivity contribution in [3.8, 4) is 0 Å². The maximum atomic E-state index is 12.4. The predicted octanol–water partition coefficient (Wildman–Crippen LogP) is 2.78. The van der Waals surface area contributed by atoms with Gasteiger partial charge in [0.1, 0.15) is 0 Å². The number of Topliss-reactive ketones (excluding diaryl/α,β-unsaturated/α-hetero) is 1. The summed E-state index contributed by atoms with van der Waals surface area (Å²) in [6.45, 7) is 1.49. The molecule has 1 aromatic heterocycles. The first kappa shape index (κ1) is 15.5. The summed E-state index contributed by atoms with van der Waals surface area (Å²) >= 11 is 0. The number of aromatic amines is 1. The first-order chi connectivity index (χ1) is 11.2. The van der Waals surface area contributed by atoms with E-state index in [-0.39, 0.29) is 24.5 Å². The van der Waals surface area contributed by atoms with Crippen molar-refractivity contribution in [1.29, 1.82) is 0 Å². The van der Waals surface area contributed by atoms with Crippen LogP contribution in [0.4, 0.5) is 0 Å². The van der Waals surface area contributed by atoms with Gasteiger partial charge in [-0.2, -0.15) is 5.10 Å². The van der Waals surface area contributed by atoms with Crippen LogP contribution in [0.15, 0.2) is 42.6 Å². The fourth-order valence-electron chi connectivity index (χ4n) is 3.10. The monoisotopic (exact) mass is 311 g/mol. The first-order valence-corrected chi connectivity index (χ1v) is 8.09. The highest BCUT2D eigenvalue weighted by Crippen LogP contribution is 2.25. The fourth-order valence-corrected chi connectivity index (χ4v) is 3.10. The zero-order valence-corrected chi connectivity index (χ0v) is 13.1. The number of hydrogen-bond acceptors (Lipinski definition) is 3. The zero-order valence-electron chi connectivity index (χ0n) is 13.1. The van der Waals surface area contributed by atoms with Crippen LogP contribution in [0.1, 0.15) is 47.7 Å². The van der Waals surface area contributed by atoms with Crippen molar-refractivity contribution in [2.45, 2.75) is 31.6 Å². The van der Waals surface area contributed by atoms with Crippen molar-refractivity contribution in [3.05, 3.63) is 53.9 Å². The summed E-state index contributed by atoms with van der Waals surface area (Å²) in [4.78, 5) is 26.4. The summed E-state index contributed by atoms with van der Waals surface area (Å²) in [7, 11) is 0. The van der Waals surface area contributed by atoms with E-state index < -0.39 is 0 Å². The van der Waals surface area contributed by atoms with Crippen LogP contribution in [-0.4, -0.2) is 39.9 Å². The quantitative estimate of drug-likeness (QED) is 0.863. The van der Waals surface area contributed by atoms with Crippen molar-refractivity contribution >= 4 is 11.7 Å². The third-order valence-electron chi connectivity index (χ3n) is 4.40. The van der Waals surface area contributed by atoms with Gasteiger partial charge in [0, 0.05) is 49.3 Å². The molecule has 1 aliphatic rings. The summed E-state index contributed by atoms with van der Waals surface area (Å²) < 4.78 is 0. The van der Waals surface area contributed by atoms with E-state index in [2.05, 4.69) is 10.2 Å². The molecule has 1 unspecified atom stereocenters. The van der Waals surface area contributed by atoms with Gasteiger partial charge >= 0.3 is 0 Å². The van der Waals surface area contributed by atoms with E-state index in [0.29, 0.717) is 18.0 Å². The Morgan fingerprint density at radius 1 is 1.17 bits per heavy atom. The highest BCUT2D eigenvalue weighted by Gasteiger charge is 2.25. The largest absolute Gasteiger partial charge is 0.342 e. The average Bonchev–Trinajstić information content (AvgIpc) is 3.15. The van der Waals surface area contributed by atoms with Gasteiger partial charge in [-0.05, 0) is 18.9 Å². The van der Waals surface area contributed by atoms with Gasteiger partial charge < -0.3 is 4.90 Å². The highest BCUT2D eigenvalue weighted by atomic mass is 16.2. The van der Waals surface area contributed by atoms with Gasteiger partial charge in [-0.3, -0.25) is 14.7 Å². The van der Waals surface area contributed by atoms with E-state index in [4.69, 9.17) is 0 Å². The van der Waals surface area contributed by atoms with Crippen LogP contribution >= 0.6 is 0 Å². The molecule has 1 saturated heterocycles. The number of carbonyl (C=O) groups is 2. The topological polar surface area (TPSA) is 66.1 Å². The van der Waals surface area contributed by atoms with Gasteiger partial charge in [-0.25, -0.2) is 0 Å². The zero-order chi connectivity index (χ0) is 16.1. The highest BCUT2D eigenvalue weighted by molar-refractivity contribution is 5.97. The van der Waals surface area contributed by atoms with E-state index in [1.165, 1.54) is 0 Å². The lowest BCUT2D eigenvalue weighted by molar-refractivity contribution is -0.132. The molecule has 1 fully saturated rings. The van der Waals surface area contributed by atoms with Crippen LogP contribution in [0, 0.1) is 0 Å². The average molecular weight is 311 g/mol. The Bertz CT molecular complexity index is 652. The van der Waals surface area contributed by atoms with Gasteiger partial charge in [0.2, 0.25) is 5.91 Å². The fraction of sp³-hybridized carbons (Fsp3) is 0.389. The molecular weight excluding hydrogens is 290 g/mol. The minimum absolute atomic E-state index is 0.0288. The van der Waals surface area contributed by atoms with Crippen LogP contribution in [0.25, 0.3) is 0 Å². The first-order valence-electron chi connectivity index (χ1n) is 8.09. The van der Waals surface area contributed by atoms with E-state index in [1.807, 2.05) is 29.2 Å². The summed E-state index contributed by atoms with van der Waals surface area (Å²) in [5.74, 6) is 0.416. The number of nitrogens with one attached hydrogen (secondary N) is 1. The van der Waals surface area contributed by atoms with Crippen LogP contribution in [0.2, 0.25) is 0 Å². The van der Waals surface area contributed by atoms with Crippen molar-refractivity contribution in [3.63, 3.8) is 0 Å².